The molecule has 0 saturated heterocycles. The maximum absolute atomic E-state index is 12.0. The summed E-state index contributed by atoms with van der Waals surface area (Å²) in [6.07, 6.45) is 0.0287. The molecule has 0 fully saturated rings. The van der Waals surface area contributed by atoms with E-state index in [4.69, 9.17) is 4.74 Å². The molecule has 4 nitrogen and oxygen atoms in total. The van der Waals surface area contributed by atoms with Crippen LogP contribution in [0.3, 0.4) is 0 Å². The summed E-state index contributed by atoms with van der Waals surface area (Å²) < 4.78 is 6.35. The van der Waals surface area contributed by atoms with E-state index < -0.39 is 6.10 Å². The lowest BCUT2D eigenvalue weighted by Gasteiger charge is -2.15. The number of ether oxygens (including phenoxy) is 1. The van der Waals surface area contributed by atoms with Gasteiger partial charge in [-0.2, -0.15) is 0 Å². The Hall–Kier alpha value is -1.66. The first-order valence-corrected chi connectivity index (χ1v) is 7.99. The summed E-state index contributed by atoms with van der Waals surface area (Å²) in [5.74, 6) is 0.176. The minimum absolute atomic E-state index is 0.219. The van der Waals surface area contributed by atoms with E-state index in [1.165, 1.54) is 0 Å². The SMILES string of the molecule is CC(Oc1ccc(Br)cc1C=O)C(=O)NCc1cccs1. The van der Waals surface area contributed by atoms with Crippen molar-refractivity contribution in [3.05, 3.63) is 50.6 Å². The van der Waals surface area contributed by atoms with Crippen LogP contribution in [0.15, 0.2) is 40.2 Å². The second kappa shape index (κ2) is 7.38. The van der Waals surface area contributed by atoms with Crippen molar-refractivity contribution >= 4 is 39.5 Å². The first kappa shape index (κ1) is 15.7. The molecule has 1 N–H and O–H groups in total. The van der Waals surface area contributed by atoms with Crippen molar-refractivity contribution < 1.29 is 14.3 Å². The standard InChI is InChI=1S/C15H14BrNO3S/c1-10(15(19)17-8-13-3-2-6-21-13)20-14-5-4-12(16)7-11(14)9-18/h2-7,9-10H,8H2,1H3,(H,17,19). The molecule has 110 valence electrons. The number of halogens is 1. The highest BCUT2D eigenvalue weighted by Crippen LogP contribution is 2.22. The van der Waals surface area contributed by atoms with Gasteiger partial charge in [-0.25, -0.2) is 0 Å². The topological polar surface area (TPSA) is 55.4 Å². The summed E-state index contributed by atoms with van der Waals surface area (Å²) in [5.41, 5.74) is 0.405. The summed E-state index contributed by atoms with van der Waals surface area (Å²) in [6.45, 7) is 2.13. The molecule has 0 aliphatic carbocycles. The van der Waals surface area contributed by atoms with Gasteiger partial charge in [-0.1, -0.05) is 22.0 Å². The van der Waals surface area contributed by atoms with E-state index in [2.05, 4.69) is 21.2 Å². The van der Waals surface area contributed by atoms with Gasteiger partial charge in [0, 0.05) is 9.35 Å². The molecule has 1 heterocycles. The molecule has 2 rings (SSSR count). The molecule has 1 unspecified atom stereocenters. The van der Waals surface area contributed by atoms with Crippen molar-refractivity contribution in [1.29, 1.82) is 0 Å². The van der Waals surface area contributed by atoms with Gasteiger partial charge >= 0.3 is 0 Å². The molecule has 0 radical (unpaired) electrons. The Bertz CT molecular complexity index is 628. The lowest BCUT2D eigenvalue weighted by Crippen LogP contribution is -2.35. The number of rotatable bonds is 6. The van der Waals surface area contributed by atoms with Gasteiger partial charge in [0.05, 0.1) is 12.1 Å². The zero-order valence-electron chi connectivity index (χ0n) is 11.3. The molecule has 1 amide bonds. The molecule has 0 saturated carbocycles. The van der Waals surface area contributed by atoms with Crippen LogP contribution >= 0.6 is 27.3 Å². The van der Waals surface area contributed by atoms with Gasteiger partial charge in [0.2, 0.25) is 0 Å². The Labute approximate surface area is 135 Å². The molecule has 0 spiro atoms. The van der Waals surface area contributed by atoms with Crippen LogP contribution < -0.4 is 10.1 Å². The Morgan fingerprint density at radius 2 is 2.29 bits per heavy atom. The molecular weight excluding hydrogens is 354 g/mol. The van der Waals surface area contributed by atoms with Crippen molar-refractivity contribution in [2.45, 2.75) is 19.6 Å². The van der Waals surface area contributed by atoms with Gasteiger partial charge in [0.1, 0.15) is 5.75 Å². The molecule has 2 aromatic rings. The number of thiophene rings is 1. The third kappa shape index (κ3) is 4.41. The second-order valence-electron chi connectivity index (χ2n) is 4.36. The molecular formula is C15H14BrNO3S. The fourth-order valence-electron chi connectivity index (χ4n) is 1.69. The monoisotopic (exact) mass is 367 g/mol. The van der Waals surface area contributed by atoms with Crippen molar-refractivity contribution in [2.75, 3.05) is 0 Å². The highest BCUT2D eigenvalue weighted by molar-refractivity contribution is 9.10. The smallest absolute Gasteiger partial charge is 0.261 e. The summed E-state index contributed by atoms with van der Waals surface area (Å²) in [7, 11) is 0. The average molecular weight is 368 g/mol. The number of carbonyl (C=O) groups excluding carboxylic acids is 2. The predicted molar refractivity (Wildman–Crippen MR) is 85.8 cm³/mol. The van der Waals surface area contributed by atoms with Crippen LogP contribution in [0.1, 0.15) is 22.2 Å². The van der Waals surface area contributed by atoms with Crippen LogP contribution in [0.2, 0.25) is 0 Å². The molecule has 1 aromatic heterocycles. The number of hydrogen-bond donors (Lipinski definition) is 1. The Balaban J connectivity index is 1.95. The van der Waals surface area contributed by atoms with Crippen LogP contribution in [-0.2, 0) is 11.3 Å². The Morgan fingerprint density at radius 3 is 2.95 bits per heavy atom. The zero-order chi connectivity index (χ0) is 15.2. The van der Waals surface area contributed by atoms with Crippen LogP contribution in [0.5, 0.6) is 5.75 Å². The maximum atomic E-state index is 12.0. The molecule has 0 aliphatic rings. The molecule has 0 bridgehead atoms. The van der Waals surface area contributed by atoms with E-state index in [9.17, 15) is 9.59 Å². The van der Waals surface area contributed by atoms with E-state index in [0.29, 0.717) is 24.1 Å². The van der Waals surface area contributed by atoms with Crippen molar-refractivity contribution in [3.8, 4) is 5.75 Å². The average Bonchev–Trinajstić information content (AvgIpc) is 2.99. The number of nitrogens with one attached hydrogen (secondary N) is 1. The fourth-order valence-corrected chi connectivity index (χ4v) is 2.72. The Morgan fingerprint density at radius 1 is 1.48 bits per heavy atom. The third-order valence-corrected chi connectivity index (χ3v) is 4.16. The van der Waals surface area contributed by atoms with Gasteiger partial charge in [0.15, 0.2) is 12.4 Å². The summed E-state index contributed by atoms with van der Waals surface area (Å²) in [4.78, 5) is 24.1. The van der Waals surface area contributed by atoms with Crippen molar-refractivity contribution in [2.24, 2.45) is 0 Å². The van der Waals surface area contributed by atoms with E-state index in [1.807, 2.05) is 17.5 Å². The van der Waals surface area contributed by atoms with E-state index >= 15 is 0 Å². The maximum Gasteiger partial charge on any atom is 0.261 e. The van der Waals surface area contributed by atoms with Crippen LogP contribution in [0, 0.1) is 0 Å². The van der Waals surface area contributed by atoms with Gasteiger partial charge in [-0.05, 0) is 36.6 Å². The van der Waals surface area contributed by atoms with Crippen LogP contribution in [-0.4, -0.2) is 18.3 Å². The normalized spacial score (nSPS) is 11.7. The van der Waals surface area contributed by atoms with Gasteiger partial charge < -0.3 is 10.1 Å². The molecule has 0 aliphatic heterocycles. The molecule has 1 aromatic carbocycles. The fraction of sp³-hybridized carbons (Fsp3) is 0.200. The van der Waals surface area contributed by atoms with Crippen LogP contribution in [0.25, 0.3) is 0 Å². The first-order valence-electron chi connectivity index (χ1n) is 6.31. The molecule has 1 atom stereocenters. The van der Waals surface area contributed by atoms with Crippen LogP contribution in [0.4, 0.5) is 0 Å². The van der Waals surface area contributed by atoms with Crippen molar-refractivity contribution in [3.63, 3.8) is 0 Å². The quantitative estimate of drug-likeness (QED) is 0.795. The van der Waals surface area contributed by atoms with Gasteiger partial charge in [0.25, 0.3) is 5.91 Å². The summed E-state index contributed by atoms with van der Waals surface area (Å²) in [6, 6.07) is 8.97. The summed E-state index contributed by atoms with van der Waals surface area (Å²) in [5, 5.41) is 4.76. The number of amides is 1. The zero-order valence-corrected chi connectivity index (χ0v) is 13.7. The largest absolute Gasteiger partial charge is 0.480 e. The van der Waals surface area contributed by atoms with Gasteiger partial charge in [-0.15, -0.1) is 11.3 Å². The minimum atomic E-state index is -0.676. The molecule has 6 heteroatoms. The minimum Gasteiger partial charge on any atom is -0.480 e. The van der Waals surface area contributed by atoms with E-state index in [1.54, 1.807) is 36.5 Å². The van der Waals surface area contributed by atoms with Gasteiger partial charge in [-0.3, -0.25) is 9.59 Å². The lowest BCUT2D eigenvalue weighted by atomic mass is 10.2. The number of aldehydes is 1. The number of carbonyl (C=O) groups is 2. The highest BCUT2D eigenvalue weighted by Gasteiger charge is 2.16. The second-order valence-corrected chi connectivity index (χ2v) is 6.31. The molecule has 21 heavy (non-hydrogen) atoms. The number of benzene rings is 1. The van der Waals surface area contributed by atoms with E-state index in [0.717, 1.165) is 9.35 Å². The summed E-state index contributed by atoms with van der Waals surface area (Å²) >= 11 is 4.87. The predicted octanol–water partition coefficient (Wildman–Crippen LogP) is 3.41. The lowest BCUT2D eigenvalue weighted by molar-refractivity contribution is -0.127. The van der Waals surface area contributed by atoms with E-state index in [-0.39, 0.29) is 5.91 Å². The third-order valence-electron chi connectivity index (χ3n) is 2.79. The Kier molecular flexibility index (Phi) is 5.52. The van der Waals surface area contributed by atoms with Crippen molar-refractivity contribution in [1.82, 2.24) is 5.32 Å². The first-order chi connectivity index (χ1) is 10.1. The highest BCUT2D eigenvalue weighted by atomic mass is 79.9. The number of hydrogen-bond acceptors (Lipinski definition) is 4.